The lowest BCUT2D eigenvalue weighted by Gasteiger charge is -2.22. The monoisotopic (exact) mass is 297 g/mol. The molecular weight excluding hydrogens is 274 g/mol. The highest BCUT2D eigenvalue weighted by Gasteiger charge is 2.15. The summed E-state index contributed by atoms with van der Waals surface area (Å²) in [4.78, 5) is 16.4. The van der Waals surface area contributed by atoms with Crippen molar-refractivity contribution < 1.29 is 4.79 Å². The standard InChI is InChI=1S/C18H23N3O/c22-18(21-16-9-2-1-3-10-16)20-13-11-15-7-4-6-14-8-5-12-19-17(14)15/h4-8,12,16H,1-3,9-11,13H2,(H2,20,21,22). The largest absolute Gasteiger partial charge is 0.338 e. The Balaban J connectivity index is 1.50. The summed E-state index contributed by atoms with van der Waals surface area (Å²) in [5.74, 6) is 0. The van der Waals surface area contributed by atoms with Crippen LogP contribution in [0.4, 0.5) is 4.79 Å². The van der Waals surface area contributed by atoms with Crippen molar-refractivity contribution in [1.29, 1.82) is 0 Å². The summed E-state index contributed by atoms with van der Waals surface area (Å²) in [6.45, 7) is 0.633. The Morgan fingerprint density at radius 2 is 1.95 bits per heavy atom. The zero-order chi connectivity index (χ0) is 15.2. The van der Waals surface area contributed by atoms with Crippen molar-refractivity contribution in [2.75, 3.05) is 6.54 Å². The fourth-order valence-electron chi connectivity index (χ4n) is 3.16. The van der Waals surface area contributed by atoms with Crippen molar-refractivity contribution in [3.05, 3.63) is 42.1 Å². The van der Waals surface area contributed by atoms with Crippen molar-refractivity contribution in [2.24, 2.45) is 0 Å². The van der Waals surface area contributed by atoms with E-state index < -0.39 is 0 Å². The zero-order valence-electron chi connectivity index (χ0n) is 12.8. The van der Waals surface area contributed by atoms with E-state index in [0.717, 1.165) is 30.2 Å². The van der Waals surface area contributed by atoms with Gasteiger partial charge in [-0.1, -0.05) is 43.5 Å². The summed E-state index contributed by atoms with van der Waals surface area (Å²) in [5.41, 5.74) is 2.20. The van der Waals surface area contributed by atoms with Gasteiger partial charge in [-0.05, 0) is 30.9 Å². The van der Waals surface area contributed by atoms with Crippen LogP contribution in [0.3, 0.4) is 0 Å². The molecule has 0 unspecified atom stereocenters. The lowest BCUT2D eigenvalue weighted by molar-refractivity contribution is 0.233. The first-order chi connectivity index (χ1) is 10.8. The number of urea groups is 1. The van der Waals surface area contributed by atoms with E-state index in [9.17, 15) is 4.79 Å². The molecule has 1 aromatic heterocycles. The molecule has 1 aliphatic carbocycles. The number of rotatable bonds is 4. The molecule has 0 aliphatic heterocycles. The predicted molar refractivity (Wildman–Crippen MR) is 88.9 cm³/mol. The number of benzene rings is 1. The molecule has 2 N–H and O–H groups in total. The number of carbonyl (C=O) groups is 1. The van der Waals surface area contributed by atoms with Gasteiger partial charge in [0, 0.05) is 24.2 Å². The Hall–Kier alpha value is -2.10. The molecule has 0 saturated heterocycles. The average molecular weight is 297 g/mol. The number of fused-ring (bicyclic) bond motifs is 1. The number of nitrogens with one attached hydrogen (secondary N) is 2. The predicted octanol–water partition coefficient (Wildman–Crippen LogP) is 3.41. The van der Waals surface area contributed by atoms with E-state index in [0.29, 0.717) is 12.6 Å². The van der Waals surface area contributed by atoms with Crippen molar-refractivity contribution in [3.8, 4) is 0 Å². The number of para-hydroxylation sites is 1. The Morgan fingerprint density at radius 3 is 2.82 bits per heavy atom. The number of carbonyl (C=O) groups excluding carboxylic acids is 1. The van der Waals surface area contributed by atoms with Crippen LogP contribution in [-0.2, 0) is 6.42 Å². The highest BCUT2D eigenvalue weighted by atomic mass is 16.2. The van der Waals surface area contributed by atoms with Crippen LogP contribution in [0.15, 0.2) is 36.5 Å². The van der Waals surface area contributed by atoms with Gasteiger partial charge >= 0.3 is 6.03 Å². The van der Waals surface area contributed by atoms with E-state index in [1.807, 2.05) is 18.3 Å². The molecule has 0 bridgehead atoms. The van der Waals surface area contributed by atoms with E-state index in [1.165, 1.54) is 24.8 Å². The molecule has 0 atom stereocenters. The number of aromatic nitrogens is 1. The average Bonchev–Trinajstić information content (AvgIpc) is 2.56. The molecule has 1 aliphatic rings. The molecule has 2 amide bonds. The van der Waals surface area contributed by atoms with Crippen LogP contribution in [0.1, 0.15) is 37.7 Å². The Labute approximate surface area is 131 Å². The molecule has 2 aromatic rings. The molecule has 1 aromatic carbocycles. The third kappa shape index (κ3) is 3.75. The second-order valence-corrected chi connectivity index (χ2v) is 5.98. The molecule has 3 rings (SSSR count). The van der Waals surface area contributed by atoms with Gasteiger partial charge < -0.3 is 10.6 Å². The Morgan fingerprint density at radius 1 is 1.14 bits per heavy atom. The highest BCUT2D eigenvalue weighted by Crippen LogP contribution is 2.17. The Kier molecular flexibility index (Phi) is 4.88. The molecule has 1 saturated carbocycles. The second-order valence-electron chi connectivity index (χ2n) is 5.98. The number of pyridine rings is 1. The second kappa shape index (κ2) is 7.25. The highest BCUT2D eigenvalue weighted by molar-refractivity contribution is 5.81. The van der Waals surface area contributed by atoms with Crippen LogP contribution in [0.2, 0.25) is 0 Å². The van der Waals surface area contributed by atoms with Crippen molar-refractivity contribution in [3.63, 3.8) is 0 Å². The van der Waals surface area contributed by atoms with Crippen LogP contribution < -0.4 is 10.6 Å². The van der Waals surface area contributed by atoms with Crippen molar-refractivity contribution in [1.82, 2.24) is 15.6 Å². The number of amides is 2. The quantitative estimate of drug-likeness (QED) is 0.908. The summed E-state index contributed by atoms with van der Waals surface area (Å²) in [6, 6.07) is 10.5. The molecule has 116 valence electrons. The molecular formula is C18H23N3O. The van der Waals surface area contributed by atoms with Crippen LogP contribution in [0.5, 0.6) is 0 Å². The molecule has 1 fully saturated rings. The molecule has 0 spiro atoms. The van der Waals surface area contributed by atoms with Gasteiger partial charge in [0.25, 0.3) is 0 Å². The fourth-order valence-corrected chi connectivity index (χ4v) is 3.16. The van der Waals surface area contributed by atoms with Gasteiger partial charge in [-0.2, -0.15) is 0 Å². The van der Waals surface area contributed by atoms with Gasteiger partial charge in [-0.3, -0.25) is 4.98 Å². The zero-order valence-corrected chi connectivity index (χ0v) is 12.8. The summed E-state index contributed by atoms with van der Waals surface area (Å²) >= 11 is 0. The summed E-state index contributed by atoms with van der Waals surface area (Å²) in [7, 11) is 0. The van der Waals surface area contributed by atoms with Crippen LogP contribution in [0, 0.1) is 0 Å². The minimum Gasteiger partial charge on any atom is -0.338 e. The third-order valence-corrected chi connectivity index (χ3v) is 4.34. The SMILES string of the molecule is O=C(NCCc1cccc2cccnc12)NC1CCCCC1. The van der Waals surface area contributed by atoms with E-state index in [-0.39, 0.29) is 6.03 Å². The van der Waals surface area contributed by atoms with Crippen LogP contribution >= 0.6 is 0 Å². The number of hydrogen-bond acceptors (Lipinski definition) is 2. The van der Waals surface area contributed by atoms with Gasteiger partial charge in [-0.15, -0.1) is 0 Å². The maximum atomic E-state index is 11.9. The Bertz CT molecular complexity index is 630. The summed E-state index contributed by atoms with van der Waals surface area (Å²) < 4.78 is 0. The van der Waals surface area contributed by atoms with Gasteiger partial charge in [0.1, 0.15) is 0 Å². The van der Waals surface area contributed by atoms with Gasteiger partial charge in [-0.25, -0.2) is 4.79 Å². The lowest BCUT2D eigenvalue weighted by Crippen LogP contribution is -2.43. The minimum absolute atomic E-state index is 0.0416. The summed E-state index contributed by atoms with van der Waals surface area (Å²) in [5, 5.41) is 7.19. The van der Waals surface area contributed by atoms with Crippen molar-refractivity contribution >= 4 is 16.9 Å². The molecule has 1 heterocycles. The molecule has 0 radical (unpaired) electrons. The number of nitrogens with zero attached hydrogens (tertiary/aromatic N) is 1. The first kappa shape index (κ1) is 14.8. The van der Waals surface area contributed by atoms with Crippen LogP contribution in [-0.4, -0.2) is 23.6 Å². The van der Waals surface area contributed by atoms with Gasteiger partial charge in [0.15, 0.2) is 0 Å². The molecule has 4 nitrogen and oxygen atoms in total. The van der Waals surface area contributed by atoms with E-state index in [1.54, 1.807) is 0 Å². The fraction of sp³-hybridized carbons (Fsp3) is 0.444. The normalized spacial score (nSPS) is 15.6. The smallest absolute Gasteiger partial charge is 0.315 e. The van der Waals surface area contributed by atoms with E-state index in [4.69, 9.17) is 0 Å². The molecule has 4 heteroatoms. The first-order valence-corrected chi connectivity index (χ1v) is 8.20. The third-order valence-electron chi connectivity index (χ3n) is 4.34. The first-order valence-electron chi connectivity index (χ1n) is 8.20. The summed E-state index contributed by atoms with van der Waals surface area (Å²) in [6.07, 6.45) is 8.59. The van der Waals surface area contributed by atoms with Crippen LogP contribution in [0.25, 0.3) is 10.9 Å². The van der Waals surface area contributed by atoms with Crippen molar-refractivity contribution in [2.45, 2.75) is 44.6 Å². The maximum Gasteiger partial charge on any atom is 0.315 e. The topological polar surface area (TPSA) is 54.0 Å². The number of hydrogen-bond donors (Lipinski definition) is 2. The van der Waals surface area contributed by atoms with E-state index >= 15 is 0 Å². The minimum atomic E-state index is -0.0416. The molecule has 22 heavy (non-hydrogen) atoms. The lowest BCUT2D eigenvalue weighted by atomic mass is 9.96. The van der Waals surface area contributed by atoms with E-state index in [2.05, 4.69) is 33.8 Å². The maximum absolute atomic E-state index is 11.9. The van der Waals surface area contributed by atoms with Gasteiger partial charge in [0.05, 0.1) is 5.52 Å². The van der Waals surface area contributed by atoms with Gasteiger partial charge in [0.2, 0.25) is 0 Å².